The molecule has 18 heavy (non-hydrogen) atoms. The lowest BCUT2D eigenvalue weighted by atomic mass is 10.2. The molecule has 5 nitrogen and oxygen atoms in total. The Balaban J connectivity index is 1.95. The van der Waals surface area contributed by atoms with Crippen molar-refractivity contribution in [1.82, 2.24) is 20.3 Å². The molecule has 1 amide bonds. The third kappa shape index (κ3) is 1.96. The minimum atomic E-state index is -0.0784. The zero-order chi connectivity index (χ0) is 12.5. The number of hydrogen-bond acceptors (Lipinski definition) is 3. The van der Waals surface area contributed by atoms with Crippen molar-refractivity contribution in [3.63, 3.8) is 0 Å². The molecule has 1 aliphatic carbocycles. The third-order valence-electron chi connectivity index (χ3n) is 3.18. The van der Waals surface area contributed by atoms with Crippen LogP contribution in [-0.2, 0) is 0 Å². The number of carbonyl (C=O) groups excluding carboxylic acids is 1. The van der Waals surface area contributed by atoms with Crippen molar-refractivity contribution in [2.75, 3.05) is 6.54 Å². The van der Waals surface area contributed by atoms with E-state index in [1.807, 2.05) is 13.1 Å². The van der Waals surface area contributed by atoms with Crippen LogP contribution in [0.1, 0.15) is 48.2 Å². The molecule has 1 saturated carbocycles. The SMILES string of the molecule is CCCNC(=O)c1c[nH]c2ncc(C3CC3)nc12. The molecule has 0 aliphatic heterocycles. The highest BCUT2D eigenvalue weighted by atomic mass is 16.1. The molecule has 1 fully saturated rings. The predicted octanol–water partition coefficient (Wildman–Crippen LogP) is 1.98. The molecule has 2 heterocycles. The Kier molecular flexibility index (Phi) is 2.74. The van der Waals surface area contributed by atoms with Gasteiger partial charge in [-0.1, -0.05) is 6.92 Å². The molecule has 0 spiro atoms. The van der Waals surface area contributed by atoms with Gasteiger partial charge in [-0.15, -0.1) is 0 Å². The van der Waals surface area contributed by atoms with Crippen LogP contribution in [-0.4, -0.2) is 27.4 Å². The Morgan fingerprint density at radius 1 is 1.56 bits per heavy atom. The Bertz CT molecular complexity index is 586. The van der Waals surface area contributed by atoms with Gasteiger partial charge in [0.1, 0.15) is 5.52 Å². The first-order valence-electron chi connectivity index (χ1n) is 6.42. The Morgan fingerprint density at radius 3 is 3.11 bits per heavy atom. The highest BCUT2D eigenvalue weighted by Gasteiger charge is 2.26. The summed E-state index contributed by atoms with van der Waals surface area (Å²) >= 11 is 0. The first kappa shape index (κ1) is 11.2. The van der Waals surface area contributed by atoms with E-state index in [-0.39, 0.29) is 5.91 Å². The average molecular weight is 244 g/mol. The van der Waals surface area contributed by atoms with Crippen LogP contribution in [0.25, 0.3) is 11.2 Å². The third-order valence-corrected chi connectivity index (χ3v) is 3.18. The van der Waals surface area contributed by atoms with E-state index in [1.165, 1.54) is 12.8 Å². The van der Waals surface area contributed by atoms with Gasteiger partial charge in [-0.2, -0.15) is 0 Å². The van der Waals surface area contributed by atoms with Crippen LogP contribution in [0.5, 0.6) is 0 Å². The lowest BCUT2D eigenvalue weighted by Crippen LogP contribution is -2.23. The maximum atomic E-state index is 12.0. The fourth-order valence-corrected chi connectivity index (χ4v) is 1.99. The quantitative estimate of drug-likeness (QED) is 0.863. The van der Waals surface area contributed by atoms with Crippen LogP contribution < -0.4 is 5.32 Å². The van der Waals surface area contributed by atoms with Gasteiger partial charge in [0.05, 0.1) is 17.5 Å². The first-order valence-corrected chi connectivity index (χ1v) is 6.42. The number of rotatable bonds is 4. The molecule has 0 bridgehead atoms. The van der Waals surface area contributed by atoms with Crippen LogP contribution in [0.2, 0.25) is 0 Å². The fourth-order valence-electron chi connectivity index (χ4n) is 1.99. The summed E-state index contributed by atoms with van der Waals surface area (Å²) < 4.78 is 0. The zero-order valence-corrected chi connectivity index (χ0v) is 10.4. The standard InChI is InChI=1S/C13H16N4O/c1-2-5-14-13(18)9-6-15-12-11(9)17-10(7-16-12)8-3-4-8/h6-8H,2-5H2,1H3,(H,14,18)(H,15,16). The molecular formula is C13H16N4O. The number of hydrogen-bond donors (Lipinski definition) is 2. The van der Waals surface area contributed by atoms with E-state index >= 15 is 0 Å². The first-order chi connectivity index (χ1) is 8.79. The van der Waals surface area contributed by atoms with Gasteiger partial charge in [0, 0.05) is 18.7 Å². The number of nitrogens with zero attached hydrogens (tertiary/aromatic N) is 2. The van der Waals surface area contributed by atoms with Gasteiger partial charge in [-0.25, -0.2) is 9.97 Å². The van der Waals surface area contributed by atoms with Crippen molar-refractivity contribution in [2.45, 2.75) is 32.1 Å². The molecule has 0 atom stereocenters. The van der Waals surface area contributed by atoms with Gasteiger partial charge < -0.3 is 10.3 Å². The molecule has 2 N–H and O–H groups in total. The monoisotopic (exact) mass is 244 g/mol. The van der Waals surface area contributed by atoms with E-state index in [2.05, 4.69) is 20.3 Å². The van der Waals surface area contributed by atoms with Gasteiger partial charge in [-0.3, -0.25) is 4.79 Å². The molecule has 1 aliphatic rings. The molecule has 0 unspecified atom stereocenters. The largest absolute Gasteiger partial charge is 0.352 e. The lowest BCUT2D eigenvalue weighted by molar-refractivity contribution is 0.0955. The summed E-state index contributed by atoms with van der Waals surface area (Å²) in [6, 6.07) is 0. The number of aromatic nitrogens is 3. The molecule has 94 valence electrons. The van der Waals surface area contributed by atoms with Gasteiger partial charge in [0.15, 0.2) is 5.65 Å². The normalized spacial score (nSPS) is 14.9. The summed E-state index contributed by atoms with van der Waals surface area (Å²) in [5, 5.41) is 2.86. The summed E-state index contributed by atoms with van der Waals surface area (Å²) in [6.45, 7) is 2.71. The van der Waals surface area contributed by atoms with Crippen molar-refractivity contribution in [2.24, 2.45) is 0 Å². The number of H-pyrrole nitrogens is 1. The van der Waals surface area contributed by atoms with Crippen LogP contribution in [0, 0.1) is 0 Å². The molecule has 0 saturated heterocycles. The summed E-state index contributed by atoms with van der Waals surface area (Å²) in [5.74, 6) is 0.466. The number of nitrogens with one attached hydrogen (secondary N) is 2. The molecule has 2 aromatic rings. The second-order valence-corrected chi connectivity index (χ2v) is 4.72. The van der Waals surface area contributed by atoms with Crippen LogP contribution in [0.3, 0.4) is 0 Å². The van der Waals surface area contributed by atoms with Gasteiger partial charge in [0.2, 0.25) is 0 Å². The predicted molar refractivity (Wildman–Crippen MR) is 68.5 cm³/mol. The van der Waals surface area contributed by atoms with E-state index in [0.717, 1.165) is 12.1 Å². The highest BCUT2D eigenvalue weighted by molar-refractivity contribution is 6.04. The number of aromatic amines is 1. The van der Waals surface area contributed by atoms with E-state index in [4.69, 9.17) is 0 Å². The molecule has 5 heteroatoms. The zero-order valence-electron chi connectivity index (χ0n) is 10.4. The van der Waals surface area contributed by atoms with Gasteiger partial charge >= 0.3 is 0 Å². The fraction of sp³-hybridized carbons (Fsp3) is 0.462. The maximum Gasteiger partial charge on any atom is 0.255 e. The number of carbonyl (C=O) groups is 1. The topological polar surface area (TPSA) is 70.7 Å². The summed E-state index contributed by atoms with van der Waals surface area (Å²) in [7, 11) is 0. The molecule has 2 aromatic heterocycles. The Labute approximate surface area is 105 Å². The molecular weight excluding hydrogens is 228 g/mol. The van der Waals surface area contributed by atoms with Crippen LogP contribution >= 0.6 is 0 Å². The van der Waals surface area contributed by atoms with Crippen molar-refractivity contribution in [1.29, 1.82) is 0 Å². The smallest absolute Gasteiger partial charge is 0.255 e. The molecule has 0 aromatic carbocycles. The molecule has 0 radical (unpaired) electrons. The minimum absolute atomic E-state index is 0.0784. The van der Waals surface area contributed by atoms with Gasteiger partial charge in [-0.05, 0) is 19.3 Å². The Morgan fingerprint density at radius 2 is 2.39 bits per heavy atom. The second-order valence-electron chi connectivity index (χ2n) is 4.72. The maximum absolute atomic E-state index is 12.0. The van der Waals surface area contributed by atoms with E-state index in [1.54, 1.807) is 6.20 Å². The second kappa shape index (κ2) is 4.40. The van der Waals surface area contributed by atoms with Crippen LogP contribution in [0.15, 0.2) is 12.4 Å². The Hall–Kier alpha value is -1.91. The van der Waals surface area contributed by atoms with Gasteiger partial charge in [0.25, 0.3) is 5.91 Å². The number of fused-ring (bicyclic) bond motifs is 1. The van der Waals surface area contributed by atoms with Crippen molar-refractivity contribution in [3.8, 4) is 0 Å². The van der Waals surface area contributed by atoms with Crippen molar-refractivity contribution in [3.05, 3.63) is 23.7 Å². The van der Waals surface area contributed by atoms with Crippen molar-refractivity contribution < 1.29 is 4.79 Å². The van der Waals surface area contributed by atoms with E-state index in [0.29, 0.717) is 29.2 Å². The summed E-state index contributed by atoms with van der Waals surface area (Å²) in [4.78, 5) is 23.9. The minimum Gasteiger partial charge on any atom is -0.352 e. The molecule has 3 rings (SSSR count). The van der Waals surface area contributed by atoms with E-state index in [9.17, 15) is 4.79 Å². The van der Waals surface area contributed by atoms with Crippen molar-refractivity contribution >= 4 is 17.1 Å². The summed E-state index contributed by atoms with van der Waals surface area (Å²) in [5.41, 5.74) is 2.97. The van der Waals surface area contributed by atoms with Crippen LogP contribution in [0.4, 0.5) is 0 Å². The van der Waals surface area contributed by atoms with E-state index < -0.39 is 0 Å². The summed E-state index contributed by atoms with van der Waals surface area (Å²) in [6.07, 6.45) is 6.79. The highest BCUT2D eigenvalue weighted by Crippen LogP contribution is 2.39. The lowest BCUT2D eigenvalue weighted by Gasteiger charge is -2.02. The average Bonchev–Trinajstić information content (AvgIpc) is 3.15. The number of amides is 1.